The van der Waals surface area contributed by atoms with E-state index in [0.29, 0.717) is 25.7 Å². The normalized spacial score (nSPS) is 12.0. The molecule has 3 N–H and O–H groups in total. The van der Waals surface area contributed by atoms with Crippen LogP contribution in [0.3, 0.4) is 0 Å². The molecule has 0 aliphatic rings. The van der Waals surface area contributed by atoms with Crippen molar-refractivity contribution in [2.24, 2.45) is 4.99 Å². The van der Waals surface area contributed by atoms with Gasteiger partial charge in [0, 0.05) is 18.7 Å². The lowest BCUT2D eigenvalue weighted by Gasteiger charge is -2.21. The zero-order chi connectivity index (χ0) is 18.7. The minimum atomic E-state index is -0.244. The lowest BCUT2D eigenvalue weighted by atomic mass is 10.1. The highest BCUT2D eigenvalue weighted by molar-refractivity contribution is 5.86. The molecule has 0 bridgehead atoms. The predicted octanol–water partition coefficient (Wildman–Crippen LogP) is 2.19. The van der Waals surface area contributed by atoms with E-state index in [0.717, 1.165) is 17.7 Å². The highest BCUT2D eigenvalue weighted by atomic mass is 16.5. The van der Waals surface area contributed by atoms with Crippen molar-refractivity contribution in [3.8, 4) is 0 Å². The van der Waals surface area contributed by atoms with E-state index in [9.17, 15) is 4.79 Å². The summed E-state index contributed by atoms with van der Waals surface area (Å²) in [6.07, 6.45) is 0. The molecule has 0 aliphatic carbocycles. The van der Waals surface area contributed by atoms with Gasteiger partial charge >= 0.3 is 0 Å². The first-order valence-electron chi connectivity index (χ1n) is 8.83. The van der Waals surface area contributed by atoms with Gasteiger partial charge in [0.1, 0.15) is 0 Å². The van der Waals surface area contributed by atoms with Gasteiger partial charge < -0.3 is 20.7 Å². The molecule has 0 heterocycles. The summed E-state index contributed by atoms with van der Waals surface area (Å²) in [7, 11) is 0. The van der Waals surface area contributed by atoms with Gasteiger partial charge in [-0.2, -0.15) is 0 Å². The molecule has 6 nitrogen and oxygen atoms in total. The summed E-state index contributed by atoms with van der Waals surface area (Å²) >= 11 is 0. The van der Waals surface area contributed by atoms with Crippen LogP contribution in [0.2, 0.25) is 0 Å². The van der Waals surface area contributed by atoms with E-state index in [1.54, 1.807) is 0 Å². The minimum absolute atomic E-state index is 0.0603. The third-order valence-corrected chi connectivity index (χ3v) is 3.26. The number of benzene rings is 1. The van der Waals surface area contributed by atoms with E-state index in [2.05, 4.69) is 27.0 Å². The van der Waals surface area contributed by atoms with Gasteiger partial charge in [-0.25, -0.2) is 4.99 Å². The molecule has 1 rings (SSSR count). The van der Waals surface area contributed by atoms with Crippen LogP contribution in [0.1, 0.15) is 45.7 Å². The van der Waals surface area contributed by atoms with Crippen molar-refractivity contribution >= 4 is 11.9 Å². The summed E-state index contributed by atoms with van der Waals surface area (Å²) in [5, 5.41) is 9.15. The molecule has 0 fully saturated rings. The number of nitrogens with one attached hydrogen (secondary N) is 3. The Labute approximate surface area is 151 Å². The third kappa shape index (κ3) is 9.10. The number of ether oxygens (including phenoxy) is 1. The molecule has 0 saturated heterocycles. The van der Waals surface area contributed by atoms with Gasteiger partial charge in [-0.1, -0.05) is 24.3 Å². The highest BCUT2D eigenvalue weighted by Gasteiger charge is 2.13. The predicted molar refractivity (Wildman–Crippen MR) is 102 cm³/mol. The lowest BCUT2D eigenvalue weighted by Crippen LogP contribution is -2.48. The summed E-state index contributed by atoms with van der Waals surface area (Å²) in [6.45, 7) is 12.6. The van der Waals surface area contributed by atoms with E-state index in [4.69, 9.17) is 4.74 Å². The first kappa shape index (κ1) is 21.0. The molecule has 0 saturated carbocycles. The highest BCUT2D eigenvalue weighted by Crippen LogP contribution is 2.11. The molecule has 0 spiro atoms. The molecule has 0 aromatic heterocycles. The van der Waals surface area contributed by atoms with Crippen LogP contribution in [0.15, 0.2) is 29.3 Å². The van der Waals surface area contributed by atoms with Crippen molar-refractivity contribution in [2.45, 2.75) is 53.3 Å². The van der Waals surface area contributed by atoms with Crippen LogP contribution in [0, 0.1) is 0 Å². The van der Waals surface area contributed by atoms with Gasteiger partial charge in [-0.3, -0.25) is 4.79 Å². The Morgan fingerprint density at radius 1 is 1.12 bits per heavy atom. The van der Waals surface area contributed by atoms with Crippen molar-refractivity contribution in [3.63, 3.8) is 0 Å². The van der Waals surface area contributed by atoms with Gasteiger partial charge in [-0.15, -0.1) is 0 Å². The van der Waals surface area contributed by atoms with E-state index in [1.807, 2.05) is 52.8 Å². The maximum absolute atomic E-state index is 11.9. The van der Waals surface area contributed by atoms with Crippen molar-refractivity contribution in [2.75, 3.05) is 19.7 Å². The Balaban J connectivity index is 2.68. The number of rotatable bonds is 8. The molecule has 6 heteroatoms. The Kier molecular flexibility index (Phi) is 8.99. The second-order valence-electron chi connectivity index (χ2n) is 6.75. The number of hydrogen-bond donors (Lipinski definition) is 3. The van der Waals surface area contributed by atoms with Gasteiger partial charge in [0.25, 0.3) is 0 Å². The molecule has 0 aliphatic heterocycles. The summed E-state index contributed by atoms with van der Waals surface area (Å²) in [5.41, 5.74) is 2.01. The molecule has 1 aromatic rings. The number of guanidine groups is 1. The fourth-order valence-corrected chi connectivity index (χ4v) is 2.20. The van der Waals surface area contributed by atoms with Gasteiger partial charge in [0.05, 0.1) is 19.7 Å². The van der Waals surface area contributed by atoms with Crippen LogP contribution in [0.25, 0.3) is 0 Å². The number of carbonyl (C=O) groups is 1. The van der Waals surface area contributed by atoms with Crippen LogP contribution < -0.4 is 16.0 Å². The topological polar surface area (TPSA) is 74.8 Å². The molecule has 140 valence electrons. The van der Waals surface area contributed by atoms with E-state index >= 15 is 0 Å². The number of aliphatic imine (C=N–C) groups is 1. The smallest absolute Gasteiger partial charge is 0.239 e. The molecule has 0 atom stereocenters. The summed E-state index contributed by atoms with van der Waals surface area (Å²) in [4.78, 5) is 16.5. The largest absolute Gasteiger partial charge is 0.377 e. The average molecular weight is 348 g/mol. The van der Waals surface area contributed by atoms with E-state index < -0.39 is 0 Å². The second-order valence-corrected chi connectivity index (χ2v) is 6.75. The molecular formula is C19H32N4O2. The van der Waals surface area contributed by atoms with E-state index in [-0.39, 0.29) is 18.0 Å². The molecule has 1 aromatic carbocycles. The monoisotopic (exact) mass is 348 g/mol. The fraction of sp³-hybridized carbons (Fsp3) is 0.579. The molecular weight excluding hydrogens is 316 g/mol. The van der Waals surface area contributed by atoms with Crippen LogP contribution in [0.5, 0.6) is 0 Å². The maximum Gasteiger partial charge on any atom is 0.239 e. The third-order valence-electron chi connectivity index (χ3n) is 3.26. The quantitative estimate of drug-likeness (QED) is 0.497. The van der Waals surface area contributed by atoms with Gasteiger partial charge in [-0.05, 0) is 45.7 Å². The molecule has 0 unspecified atom stereocenters. The van der Waals surface area contributed by atoms with Crippen LogP contribution in [-0.2, 0) is 22.7 Å². The number of nitrogens with zero attached hydrogens (tertiary/aromatic N) is 1. The Hall–Kier alpha value is -2.08. The summed E-state index contributed by atoms with van der Waals surface area (Å²) in [6, 6.07) is 8.10. The molecule has 0 radical (unpaired) electrons. The Morgan fingerprint density at radius 2 is 1.80 bits per heavy atom. The van der Waals surface area contributed by atoms with Crippen molar-refractivity contribution in [1.82, 2.24) is 16.0 Å². The first-order chi connectivity index (χ1) is 11.9. The fourth-order valence-electron chi connectivity index (χ4n) is 2.20. The maximum atomic E-state index is 11.9. The first-order valence-corrected chi connectivity index (χ1v) is 8.83. The van der Waals surface area contributed by atoms with Gasteiger partial charge in [0.15, 0.2) is 5.96 Å². The second kappa shape index (κ2) is 10.7. The number of carbonyl (C=O) groups excluding carboxylic acids is 1. The average Bonchev–Trinajstić information content (AvgIpc) is 2.54. The number of hydrogen-bond acceptors (Lipinski definition) is 3. The number of amides is 1. The SMILES string of the molecule is CCNC(=NCc1ccccc1COCC)NCC(=O)NC(C)(C)C. The lowest BCUT2D eigenvalue weighted by molar-refractivity contribution is -0.121. The molecule has 1 amide bonds. The minimum Gasteiger partial charge on any atom is -0.377 e. The Bertz CT molecular complexity index is 565. The van der Waals surface area contributed by atoms with Crippen LogP contribution in [-0.4, -0.2) is 37.1 Å². The van der Waals surface area contributed by atoms with Crippen molar-refractivity contribution < 1.29 is 9.53 Å². The zero-order valence-electron chi connectivity index (χ0n) is 16.1. The summed E-state index contributed by atoms with van der Waals surface area (Å²) < 4.78 is 5.51. The van der Waals surface area contributed by atoms with Crippen LogP contribution in [0.4, 0.5) is 0 Å². The zero-order valence-corrected chi connectivity index (χ0v) is 16.1. The van der Waals surface area contributed by atoms with Gasteiger partial charge in [0.2, 0.25) is 5.91 Å². The standard InChI is InChI=1S/C19H32N4O2/c1-6-20-18(22-13-17(24)23-19(3,4)5)21-12-15-10-8-9-11-16(15)14-25-7-2/h8-11H,6-7,12-14H2,1-5H3,(H,23,24)(H2,20,21,22). The van der Waals surface area contributed by atoms with Crippen molar-refractivity contribution in [3.05, 3.63) is 35.4 Å². The van der Waals surface area contributed by atoms with Crippen molar-refractivity contribution in [1.29, 1.82) is 0 Å². The molecule has 25 heavy (non-hydrogen) atoms. The summed E-state index contributed by atoms with van der Waals surface area (Å²) in [5.74, 6) is 0.563. The Morgan fingerprint density at radius 3 is 2.40 bits per heavy atom. The van der Waals surface area contributed by atoms with E-state index in [1.165, 1.54) is 0 Å². The van der Waals surface area contributed by atoms with Crippen LogP contribution >= 0.6 is 0 Å².